The highest BCUT2D eigenvalue weighted by atomic mass is 15.2. The Morgan fingerprint density at radius 2 is 2.12 bits per heavy atom. The van der Waals surface area contributed by atoms with Crippen molar-refractivity contribution >= 4 is 0 Å². The van der Waals surface area contributed by atoms with Gasteiger partial charge in [-0.1, -0.05) is 0 Å². The standard InChI is InChI=1S/C14H21N3/c1-11-8-16-14(13-2-3-13)10-17(11)9-12-4-6-15-7-5-12/h4-7,11,13-14,16H,2-3,8-10H2,1H3. The average molecular weight is 231 g/mol. The highest BCUT2D eigenvalue weighted by Crippen LogP contribution is 2.34. The zero-order valence-electron chi connectivity index (χ0n) is 10.5. The molecule has 2 atom stereocenters. The summed E-state index contributed by atoms with van der Waals surface area (Å²) in [6.45, 7) is 5.71. The van der Waals surface area contributed by atoms with Crippen molar-refractivity contribution in [3.8, 4) is 0 Å². The van der Waals surface area contributed by atoms with E-state index in [2.05, 4.69) is 34.3 Å². The molecule has 92 valence electrons. The van der Waals surface area contributed by atoms with Gasteiger partial charge in [-0.3, -0.25) is 9.88 Å². The van der Waals surface area contributed by atoms with Crippen molar-refractivity contribution in [3.63, 3.8) is 0 Å². The minimum atomic E-state index is 0.637. The Balaban J connectivity index is 1.64. The van der Waals surface area contributed by atoms with Crippen LogP contribution in [0.4, 0.5) is 0 Å². The largest absolute Gasteiger partial charge is 0.311 e. The van der Waals surface area contributed by atoms with Gasteiger partial charge in [0.1, 0.15) is 0 Å². The zero-order chi connectivity index (χ0) is 11.7. The molecule has 2 fully saturated rings. The van der Waals surface area contributed by atoms with Crippen molar-refractivity contribution in [2.45, 2.75) is 38.4 Å². The third kappa shape index (κ3) is 2.67. The number of piperazine rings is 1. The summed E-state index contributed by atoms with van der Waals surface area (Å²) in [5, 5.41) is 3.69. The maximum atomic E-state index is 4.08. The van der Waals surface area contributed by atoms with Gasteiger partial charge in [-0.15, -0.1) is 0 Å². The molecular formula is C14H21N3. The Labute approximate surface area is 103 Å². The zero-order valence-corrected chi connectivity index (χ0v) is 10.5. The van der Waals surface area contributed by atoms with E-state index in [4.69, 9.17) is 0 Å². The van der Waals surface area contributed by atoms with E-state index in [1.807, 2.05) is 12.4 Å². The second-order valence-electron chi connectivity index (χ2n) is 5.49. The van der Waals surface area contributed by atoms with E-state index >= 15 is 0 Å². The van der Waals surface area contributed by atoms with Crippen molar-refractivity contribution in [1.82, 2.24) is 15.2 Å². The molecule has 1 saturated heterocycles. The molecule has 1 aliphatic heterocycles. The van der Waals surface area contributed by atoms with Crippen LogP contribution < -0.4 is 5.32 Å². The maximum Gasteiger partial charge on any atom is 0.0271 e. The first-order chi connectivity index (χ1) is 8.33. The fourth-order valence-corrected chi connectivity index (χ4v) is 2.71. The van der Waals surface area contributed by atoms with Crippen molar-refractivity contribution in [3.05, 3.63) is 30.1 Å². The molecule has 1 aromatic heterocycles. The first-order valence-corrected chi connectivity index (χ1v) is 6.69. The van der Waals surface area contributed by atoms with E-state index in [-0.39, 0.29) is 0 Å². The first-order valence-electron chi connectivity index (χ1n) is 6.69. The summed E-state index contributed by atoms with van der Waals surface area (Å²) in [6.07, 6.45) is 6.63. The van der Waals surface area contributed by atoms with Crippen LogP contribution in [0.25, 0.3) is 0 Å². The third-order valence-electron chi connectivity index (χ3n) is 4.06. The summed E-state index contributed by atoms with van der Waals surface area (Å²) >= 11 is 0. The second-order valence-corrected chi connectivity index (χ2v) is 5.49. The lowest BCUT2D eigenvalue weighted by Crippen LogP contribution is -2.55. The highest BCUT2D eigenvalue weighted by Gasteiger charge is 2.35. The molecule has 2 heterocycles. The fraction of sp³-hybridized carbons (Fsp3) is 0.643. The predicted molar refractivity (Wildman–Crippen MR) is 68.6 cm³/mol. The van der Waals surface area contributed by atoms with Crippen LogP contribution in [-0.2, 0) is 6.54 Å². The van der Waals surface area contributed by atoms with Crippen LogP contribution in [0.3, 0.4) is 0 Å². The molecule has 2 aliphatic rings. The van der Waals surface area contributed by atoms with Gasteiger partial charge in [0, 0.05) is 44.1 Å². The third-order valence-corrected chi connectivity index (χ3v) is 4.06. The van der Waals surface area contributed by atoms with Crippen LogP contribution in [0, 0.1) is 5.92 Å². The van der Waals surface area contributed by atoms with Gasteiger partial charge in [-0.05, 0) is 43.4 Å². The number of hydrogen-bond acceptors (Lipinski definition) is 3. The van der Waals surface area contributed by atoms with E-state index < -0.39 is 0 Å². The molecule has 17 heavy (non-hydrogen) atoms. The van der Waals surface area contributed by atoms with Gasteiger partial charge in [0.2, 0.25) is 0 Å². The van der Waals surface area contributed by atoms with Gasteiger partial charge in [0.05, 0.1) is 0 Å². The average Bonchev–Trinajstić information content (AvgIpc) is 3.17. The van der Waals surface area contributed by atoms with Crippen LogP contribution >= 0.6 is 0 Å². The lowest BCUT2D eigenvalue weighted by atomic mass is 10.1. The molecule has 0 radical (unpaired) electrons. The van der Waals surface area contributed by atoms with E-state index in [0.717, 1.165) is 25.0 Å². The van der Waals surface area contributed by atoms with Crippen molar-refractivity contribution in [1.29, 1.82) is 0 Å². The maximum absolute atomic E-state index is 4.08. The molecule has 3 rings (SSSR count). The van der Waals surface area contributed by atoms with E-state index in [9.17, 15) is 0 Å². The minimum absolute atomic E-state index is 0.637. The molecule has 1 N–H and O–H groups in total. The van der Waals surface area contributed by atoms with E-state index in [1.54, 1.807) is 0 Å². The van der Waals surface area contributed by atoms with Gasteiger partial charge < -0.3 is 5.32 Å². The van der Waals surface area contributed by atoms with Gasteiger partial charge in [-0.25, -0.2) is 0 Å². The molecule has 0 amide bonds. The van der Waals surface area contributed by atoms with Gasteiger partial charge in [-0.2, -0.15) is 0 Å². The molecule has 1 saturated carbocycles. The van der Waals surface area contributed by atoms with Crippen LogP contribution in [0.15, 0.2) is 24.5 Å². The van der Waals surface area contributed by atoms with E-state index in [0.29, 0.717) is 6.04 Å². The van der Waals surface area contributed by atoms with Crippen LogP contribution in [0.1, 0.15) is 25.3 Å². The quantitative estimate of drug-likeness (QED) is 0.857. The number of hydrogen-bond donors (Lipinski definition) is 1. The Bertz CT molecular complexity index is 361. The number of nitrogens with one attached hydrogen (secondary N) is 1. The van der Waals surface area contributed by atoms with Gasteiger partial charge in [0.15, 0.2) is 0 Å². The molecular weight excluding hydrogens is 210 g/mol. The van der Waals surface area contributed by atoms with Crippen molar-refractivity contribution in [2.24, 2.45) is 5.92 Å². The Kier molecular flexibility index (Phi) is 3.12. The summed E-state index contributed by atoms with van der Waals surface area (Å²) in [5.41, 5.74) is 1.38. The lowest BCUT2D eigenvalue weighted by Gasteiger charge is -2.39. The summed E-state index contributed by atoms with van der Waals surface area (Å²) in [4.78, 5) is 6.69. The molecule has 0 bridgehead atoms. The Morgan fingerprint density at radius 3 is 2.82 bits per heavy atom. The van der Waals surface area contributed by atoms with E-state index in [1.165, 1.54) is 24.9 Å². The molecule has 2 unspecified atom stereocenters. The molecule has 1 aliphatic carbocycles. The lowest BCUT2D eigenvalue weighted by molar-refractivity contribution is 0.125. The topological polar surface area (TPSA) is 28.2 Å². The fourth-order valence-electron chi connectivity index (χ4n) is 2.71. The monoisotopic (exact) mass is 231 g/mol. The smallest absolute Gasteiger partial charge is 0.0271 e. The number of pyridine rings is 1. The van der Waals surface area contributed by atoms with Crippen molar-refractivity contribution < 1.29 is 0 Å². The summed E-state index contributed by atoms with van der Waals surface area (Å²) in [5.74, 6) is 0.947. The Hall–Kier alpha value is -0.930. The first kappa shape index (κ1) is 11.2. The number of rotatable bonds is 3. The van der Waals surface area contributed by atoms with Crippen molar-refractivity contribution in [2.75, 3.05) is 13.1 Å². The summed E-state index contributed by atoms with van der Waals surface area (Å²) in [7, 11) is 0. The second kappa shape index (κ2) is 4.75. The molecule has 1 aromatic rings. The SMILES string of the molecule is CC1CNC(C2CC2)CN1Cc1ccncc1. The molecule has 0 aromatic carbocycles. The van der Waals surface area contributed by atoms with Crippen LogP contribution in [0.5, 0.6) is 0 Å². The van der Waals surface area contributed by atoms with Crippen LogP contribution in [0.2, 0.25) is 0 Å². The Morgan fingerprint density at radius 1 is 1.35 bits per heavy atom. The normalized spacial score (nSPS) is 30.4. The molecule has 3 nitrogen and oxygen atoms in total. The summed E-state index contributed by atoms with van der Waals surface area (Å²) in [6, 6.07) is 5.62. The van der Waals surface area contributed by atoms with Gasteiger partial charge >= 0.3 is 0 Å². The molecule has 3 heteroatoms. The van der Waals surface area contributed by atoms with Gasteiger partial charge in [0.25, 0.3) is 0 Å². The number of nitrogens with zero attached hydrogens (tertiary/aromatic N) is 2. The summed E-state index contributed by atoms with van der Waals surface area (Å²) < 4.78 is 0. The minimum Gasteiger partial charge on any atom is -0.311 e. The number of aromatic nitrogens is 1. The highest BCUT2D eigenvalue weighted by molar-refractivity contribution is 5.10. The molecule has 0 spiro atoms. The predicted octanol–water partition coefficient (Wildman–Crippen LogP) is 1.65. The van der Waals surface area contributed by atoms with Crippen LogP contribution in [-0.4, -0.2) is 35.1 Å².